The van der Waals surface area contributed by atoms with Crippen LogP contribution in [0.25, 0.3) is 0 Å². The highest BCUT2D eigenvalue weighted by atomic mass is 16.8. The number of esters is 4. The minimum absolute atomic E-state index is 0.208. The van der Waals surface area contributed by atoms with Gasteiger partial charge in [0.25, 0.3) is 0 Å². The zero-order valence-corrected chi connectivity index (χ0v) is 50.2. The Hall–Kier alpha value is -2.20. The molecule has 0 aromatic heterocycles. The van der Waals surface area contributed by atoms with Crippen LogP contribution in [-0.4, -0.2) is 80.6 Å². The van der Waals surface area contributed by atoms with Gasteiger partial charge in [0.2, 0.25) is 12.4 Å². The predicted molar refractivity (Wildman–Crippen MR) is 312 cm³/mol. The van der Waals surface area contributed by atoms with Gasteiger partial charge >= 0.3 is 23.9 Å². The number of carbonyl (C=O) groups excluding carboxylic acids is 4. The van der Waals surface area contributed by atoms with Crippen LogP contribution >= 0.6 is 0 Å². The van der Waals surface area contributed by atoms with Crippen LogP contribution in [0.2, 0.25) is 0 Å². The lowest BCUT2D eigenvalue weighted by Crippen LogP contribution is -2.42. The Morgan fingerprint density at radius 1 is 0.320 bits per heavy atom. The van der Waals surface area contributed by atoms with Gasteiger partial charge in [-0.1, -0.05) is 290 Å². The van der Waals surface area contributed by atoms with Crippen molar-refractivity contribution in [1.29, 1.82) is 0 Å². The van der Waals surface area contributed by atoms with E-state index in [1.54, 1.807) is 0 Å². The molecule has 0 bridgehead atoms. The van der Waals surface area contributed by atoms with E-state index in [0.717, 1.165) is 64.3 Å². The summed E-state index contributed by atoms with van der Waals surface area (Å²) in [5.41, 5.74) is 0. The van der Waals surface area contributed by atoms with E-state index in [1.807, 2.05) is 19.0 Å². The average molecular weight is 1060 g/mol. The third-order valence-corrected chi connectivity index (χ3v) is 15.4. The Labute approximate surface area is 463 Å². The van der Waals surface area contributed by atoms with Gasteiger partial charge in [0, 0.05) is 25.7 Å². The summed E-state index contributed by atoms with van der Waals surface area (Å²) >= 11 is 0. The summed E-state index contributed by atoms with van der Waals surface area (Å²) in [6.45, 7) is 7.33. The number of ether oxygens (including phenoxy) is 5. The molecule has 1 unspecified atom stereocenters. The molecule has 0 saturated carbocycles. The molecule has 0 spiro atoms. The van der Waals surface area contributed by atoms with E-state index < -0.39 is 48.5 Å². The summed E-state index contributed by atoms with van der Waals surface area (Å²) in [6.07, 6.45) is 52.5. The van der Waals surface area contributed by atoms with Gasteiger partial charge in [-0.2, -0.15) is 0 Å². The third-order valence-electron chi connectivity index (χ3n) is 15.4. The van der Waals surface area contributed by atoms with E-state index in [-0.39, 0.29) is 32.3 Å². The van der Waals surface area contributed by atoms with Crippen LogP contribution < -0.4 is 0 Å². The van der Waals surface area contributed by atoms with Crippen LogP contribution in [-0.2, 0) is 42.9 Å². The summed E-state index contributed by atoms with van der Waals surface area (Å²) in [7, 11) is 3.91. The van der Waals surface area contributed by atoms with Crippen molar-refractivity contribution in [3.05, 3.63) is 0 Å². The van der Waals surface area contributed by atoms with E-state index in [0.29, 0.717) is 25.7 Å². The maximum absolute atomic E-state index is 13.6. The Balaban J connectivity index is 2.77. The van der Waals surface area contributed by atoms with Crippen molar-refractivity contribution < 1.29 is 42.9 Å². The second-order valence-corrected chi connectivity index (χ2v) is 23.1. The molecule has 10 nitrogen and oxygen atoms in total. The Morgan fingerprint density at radius 2 is 0.573 bits per heavy atom. The highest BCUT2D eigenvalue weighted by Gasteiger charge is 2.52. The molecule has 1 fully saturated rings. The molecule has 1 aliphatic rings. The van der Waals surface area contributed by atoms with E-state index in [4.69, 9.17) is 23.7 Å². The first kappa shape index (κ1) is 70.8. The normalized spacial score (nSPS) is 16.5. The molecule has 4 atom stereocenters. The van der Waals surface area contributed by atoms with Crippen LogP contribution in [0, 0.1) is 0 Å². The lowest BCUT2D eigenvalue weighted by atomic mass is 10.0. The maximum Gasteiger partial charge on any atom is 0.308 e. The first-order chi connectivity index (χ1) is 36.7. The largest absolute Gasteiger partial charge is 0.463 e. The first-order valence-electron chi connectivity index (χ1n) is 32.8. The number of unbranched alkanes of at least 4 members (excludes halogenated alkanes) is 42. The highest BCUT2D eigenvalue weighted by molar-refractivity contribution is 5.72. The molecular weight excluding hydrogens is 939 g/mol. The lowest BCUT2D eigenvalue weighted by Gasteiger charge is -2.24. The van der Waals surface area contributed by atoms with Gasteiger partial charge in [-0.05, 0) is 46.3 Å². The van der Waals surface area contributed by atoms with Gasteiger partial charge in [-0.15, -0.1) is 0 Å². The molecule has 10 heteroatoms. The second kappa shape index (κ2) is 53.8. The summed E-state index contributed by atoms with van der Waals surface area (Å²) < 4.78 is 30.1. The van der Waals surface area contributed by atoms with Gasteiger partial charge in [-0.25, -0.2) is 0 Å². The third kappa shape index (κ3) is 45.4. The van der Waals surface area contributed by atoms with E-state index in [9.17, 15) is 19.2 Å². The van der Waals surface area contributed by atoms with Gasteiger partial charge in [-0.3, -0.25) is 19.2 Å². The van der Waals surface area contributed by atoms with Crippen molar-refractivity contribution in [1.82, 2.24) is 4.90 Å². The SMILES string of the molecule is CCCCCCCCCCCCCCCCCC(=O)OC1[C@@H](COC(=O)CCCN(C)C)O[C@@H](OC(=O)CCCCCCCCCCCCCCCCC)[C@H]1OC(=O)CCCCCCCCCCCCCCCCC. The van der Waals surface area contributed by atoms with Crippen molar-refractivity contribution in [2.24, 2.45) is 0 Å². The Kier molecular flexibility index (Phi) is 50.8. The maximum atomic E-state index is 13.6. The number of carbonyl (C=O) groups is 4. The van der Waals surface area contributed by atoms with Gasteiger partial charge in [0.15, 0.2) is 6.10 Å². The smallest absolute Gasteiger partial charge is 0.308 e. The molecule has 442 valence electrons. The van der Waals surface area contributed by atoms with Crippen molar-refractivity contribution >= 4 is 23.9 Å². The topological polar surface area (TPSA) is 118 Å². The quantitative estimate of drug-likeness (QED) is 0.0331. The van der Waals surface area contributed by atoms with Crippen molar-refractivity contribution in [2.75, 3.05) is 27.2 Å². The average Bonchev–Trinajstić information content (AvgIpc) is 3.69. The fourth-order valence-corrected chi connectivity index (χ4v) is 10.5. The molecule has 1 aliphatic heterocycles. The van der Waals surface area contributed by atoms with Crippen LogP contribution in [0.15, 0.2) is 0 Å². The summed E-state index contributed by atoms with van der Waals surface area (Å²) in [6, 6.07) is 0. The monoisotopic (exact) mass is 1060 g/mol. The molecular formula is C65H123NO9. The number of rotatable bonds is 57. The van der Waals surface area contributed by atoms with Gasteiger partial charge < -0.3 is 28.6 Å². The molecule has 1 saturated heterocycles. The fraction of sp³-hybridized carbons (Fsp3) is 0.938. The fourth-order valence-electron chi connectivity index (χ4n) is 10.5. The van der Waals surface area contributed by atoms with Crippen LogP contribution in [0.1, 0.15) is 342 Å². The van der Waals surface area contributed by atoms with Crippen molar-refractivity contribution in [2.45, 2.75) is 366 Å². The molecule has 0 aliphatic carbocycles. The minimum Gasteiger partial charge on any atom is -0.463 e. The summed E-state index contributed by atoms with van der Waals surface area (Å²) in [5.74, 6) is -1.69. The van der Waals surface area contributed by atoms with E-state index >= 15 is 0 Å². The Morgan fingerprint density at radius 3 is 0.867 bits per heavy atom. The highest BCUT2D eigenvalue weighted by Crippen LogP contribution is 2.30. The lowest BCUT2D eigenvalue weighted by molar-refractivity contribution is -0.200. The zero-order valence-electron chi connectivity index (χ0n) is 50.2. The molecule has 75 heavy (non-hydrogen) atoms. The van der Waals surface area contributed by atoms with Crippen LogP contribution in [0.3, 0.4) is 0 Å². The van der Waals surface area contributed by atoms with E-state index in [2.05, 4.69) is 20.8 Å². The molecule has 0 radical (unpaired) electrons. The van der Waals surface area contributed by atoms with Crippen molar-refractivity contribution in [3.8, 4) is 0 Å². The first-order valence-corrected chi connectivity index (χ1v) is 32.8. The van der Waals surface area contributed by atoms with Crippen LogP contribution in [0.5, 0.6) is 0 Å². The van der Waals surface area contributed by atoms with E-state index in [1.165, 1.54) is 212 Å². The second-order valence-electron chi connectivity index (χ2n) is 23.1. The number of hydrogen-bond donors (Lipinski definition) is 0. The number of hydrogen-bond acceptors (Lipinski definition) is 10. The molecule has 0 aromatic carbocycles. The van der Waals surface area contributed by atoms with Crippen molar-refractivity contribution in [3.63, 3.8) is 0 Å². The summed E-state index contributed by atoms with van der Waals surface area (Å²) in [5, 5.41) is 0. The van der Waals surface area contributed by atoms with Crippen LogP contribution in [0.4, 0.5) is 0 Å². The predicted octanol–water partition coefficient (Wildman–Crippen LogP) is 18.7. The Bertz CT molecular complexity index is 1290. The minimum atomic E-state index is -1.28. The molecule has 0 N–H and O–H groups in total. The number of nitrogens with zero attached hydrogens (tertiary/aromatic N) is 1. The van der Waals surface area contributed by atoms with Gasteiger partial charge in [0.1, 0.15) is 12.7 Å². The molecule has 0 aromatic rings. The standard InChI is InChI=1S/C65H123NO9/c1-6-9-12-15-18-21-24-27-30-33-36-39-42-45-48-52-60(68)73-63-58(57-71-59(67)55-51-56-66(4)5)72-65(75-62(70)54-50-47-44-41-38-35-32-29-26-23-20-17-14-11-8-3)64(63)74-61(69)53-49-46-43-40-37-34-31-28-25-22-19-16-13-10-7-2/h58,63-65H,6-57H2,1-5H3/t58-,63?,64+,65+/m1/s1. The zero-order chi connectivity index (χ0) is 54.5. The summed E-state index contributed by atoms with van der Waals surface area (Å²) in [4.78, 5) is 55.4. The molecule has 1 heterocycles. The molecule has 0 amide bonds. The molecule has 1 rings (SSSR count). The van der Waals surface area contributed by atoms with Gasteiger partial charge in [0.05, 0.1) is 0 Å².